The zero-order chi connectivity index (χ0) is 24.0. The third-order valence-electron chi connectivity index (χ3n) is 6.89. The van der Waals surface area contributed by atoms with Gasteiger partial charge in [0.1, 0.15) is 0 Å². The van der Waals surface area contributed by atoms with Gasteiger partial charge < -0.3 is 5.73 Å². The second-order valence-corrected chi connectivity index (χ2v) is 10.7. The summed E-state index contributed by atoms with van der Waals surface area (Å²) in [5, 5.41) is 4.87. The third kappa shape index (κ3) is 3.45. The Balaban J connectivity index is 1.44. The minimum Gasteiger partial charge on any atom is -0.330 e. The Hall–Kier alpha value is -3.88. The molecule has 2 aromatic carbocycles. The molecule has 0 saturated heterocycles. The monoisotopic (exact) mass is 481 g/mol. The van der Waals surface area contributed by atoms with Gasteiger partial charge in [-0.15, -0.1) is 4.09 Å². The fourth-order valence-corrected chi connectivity index (χ4v) is 6.28. The number of benzene rings is 2. The van der Waals surface area contributed by atoms with Crippen LogP contribution < -0.4 is 5.73 Å². The molecule has 35 heavy (non-hydrogen) atoms. The van der Waals surface area contributed by atoms with Gasteiger partial charge in [-0.1, -0.05) is 42.5 Å². The highest BCUT2D eigenvalue weighted by atomic mass is 32.2. The minimum absolute atomic E-state index is 0.161. The Kier molecular flexibility index (Phi) is 5.01. The molecule has 0 fully saturated rings. The number of nitrogens with zero attached hydrogens (tertiary/aromatic N) is 4. The van der Waals surface area contributed by atoms with Crippen LogP contribution in [0.1, 0.15) is 16.8 Å². The quantitative estimate of drug-likeness (QED) is 0.410. The van der Waals surface area contributed by atoms with Gasteiger partial charge in [0, 0.05) is 35.4 Å². The molecule has 6 rings (SSSR count). The number of hydrogen-bond donors (Lipinski definition) is 1. The van der Waals surface area contributed by atoms with Crippen LogP contribution in [0.25, 0.3) is 22.2 Å². The number of nitrogens with two attached hydrogens (primary N) is 1. The lowest BCUT2D eigenvalue weighted by Gasteiger charge is -2.27. The van der Waals surface area contributed by atoms with E-state index in [1.165, 1.54) is 11.1 Å². The van der Waals surface area contributed by atoms with Crippen molar-refractivity contribution in [2.24, 2.45) is 5.73 Å². The van der Waals surface area contributed by atoms with Crippen molar-refractivity contribution in [2.45, 2.75) is 23.2 Å². The molecule has 0 unspecified atom stereocenters. The van der Waals surface area contributed by atoms with Gasteiger partial charge in [-0.05, 0) is 65.4 Å². The van der Waals surface area contributed by atoms with Crippen molar-refractivity contribution in [2.75, 3.05) is 6.54 Å². The molecule has 0 spiro atoms. The van der Waals surface area contributed by atoms with E-state index in [1.807, 2.05) is 12.1 Å². The molecule has 0 atom stereocenters. The van der Waals surface area contributed by atoms with Gasteiger partial charge in [0.15, 0.2) is 5.65 Å². The van der Waals surface area contributed by atoms with E-state index in [4.69, 9.17) is 10.7 Å². The molecule has 0 radical (unpaired) electrons. The number of aromatic nitrogens is 4. The normalized spacial score (nSPS) is 14.8. The van der Waals surface area contributed by atoms with Gasteiger partial charge in [0.2, 0.25) is 0 Å². The molecular formula is C27H23N5O2S. The van der Waals surface area contributed by atoms with Gasteiger partial charge in [-0.3, -0.25) is 4.98 Å². The Morgan fingerprint density at radius 2 is 1.57 bits per heavy atom. The van der Waals surface area contributed by atoms with Crippen molar-refractivity contribution in [3.05, 3.63) is 108 Å². The number of pyridine rings is 2. The Morgan fingerprint density at radius 3 is 2.29 bits per heavy atom. The molecule has 3 aromatic heterocycles. The van der Waals surface area contributed by atoms with E-state index in [1.54, 1.807) is 48.9 Å². The molecule has 8 heteroatoms. The summed E-state index contributed by atoms with van der Waals surface area (Å²) in [6, 6.07) is 22.5. The van der Waals surface area contributed by atoms with E-state index in [2.05, 4.69) is 40.4 Å². The largest absolute Gasteiger partial charge is 0.330 e. The van der Waals surface area contributed by atoms with Crippen LogP contribution in [0, 0.1) is 0 Å². The first-order chi connectivity index (χ1) is 17.0. The Bertz CT molecular complexity index is 1640. The summed E-state index contributed by atoms with van der Waals surface area (Å²) in [6.07, 6.45) is 6.65. The molecule has 0 bridgehead atoms. The molecule has 0 saturated carbocycles. The first-order valence-electron chi connectivity index (χ1n) is 11.4. The van der Waals surface area contributed by atoms with Crippen LogP contribution in [0.4, 0.5) is 0 Å². The van der Waals surface area contributed by atoms with E-state index < -0.39 is 10.0 Å². The van der Waals surface area contributed by atoms with Crippen molar-refractivity contribution < 1.29 is 8.42 Å². The van der Waals surface area contributed by atoms with Gasteiger partial charge >= 0.3 is 0 Å². The lowest BCUT2D eigenvalue weighted by Crippen LogP contribution is -2.36. The Morgan fingerprint density at radius 1 is 0.886 bits per heavy atom. The lowest BCUT2D eigenvalue weighted by atomic mass is 9.80. The second kappa shape index (κ2) is 8.11. The number of hydrogen-bond acceptors (Lipinski definition) is 6. The summed E-state index contributed by atoms with van der Waals surface area (Å²) in [5.41, 5.74) is 11.7. The van der Waals surface area contributed by atoms with Gasteiger partial charge in [0.25, 0.3) is 10.0 Å². The Labute approximate surface area is 203 Å². The van der Waals surface area contributed by atoms with Crippen LogP contribution in [-0.4, -0.2) is 34.1 Å². The lowest BCUT2D eigenvalue weighted by molar-refractivity contribution is 0.450. The van der Waals surface area contributed by atoms with Gasteiger partial charge in [-0.25, -0.2) is 4.98 Å². The van der Waals surface area contributed by atoms with Crippen molar-refractivity contribution in [3.8, 4) is 11.1 Å². The summed E-state index contributed by atoms with van der Waals surface area (Å²) in [6.45, 7) is 0.483. The second-order valence-electron chi connectivity index (χ2n) is 8.94. The molecule has 3 heterocycles. The summed E-state index contributed by atoms with van der Waals surface area (Å²) in [5.74, 6) is 0. The number of rotatable bonds is 5. The van der Waals surface area contributed by atoms with Crippen molar-refractivity contribution in [3.63, 3.8) is 0 Å². The van der Waals surface area contributed by atoms with Crippen LogP contribution in [-0.2, 0) is 28.3 Å². The highest BCUT2D eigenvalue weighted by molar-refractivity contribution is 7.90. The predicted molar refractivity (Wildman–Crippen MR) is 134 cm³/mol. The van der Waals surface area contributed by atoms with E-state index in [0.717, 1.165) is 33.7 Å². The molecule has 5 aromatic rings. The van der Waals surface area contributed by atoms with E-state index >= 15 is 0 Å². The molecule has 1 aliphatic rings. The molecule has 174 valence electrons. The molecular weight excluding hydrogens is 458 g/mol. The first-order valence-corrected chi connectivity index (χ1v) is 12.8. The van der Waals surface area contributed by atoms with Gasteiger partial charge in [-0.2, -0.15) is 13.5 Å². The predicted octanol–water partition coefficient (Wildman–Crippen LogP) is 3.73. The zero-order valence-electron chi connectivity index (χ0n) is 18.9. The topological polar surface area (TPSA) is 104 Å². The SMILES string of the molecule is NCC1(c2cc(-c3ccnc4c3cnn4S(=O)(=O)c3ccccc3)ccn2)Cc2ccccc2C1. The minimum atomic E-state index is -3.87. The van der Waals surface area contributed by atoms with Crippen molar-refractivity contribution in [1.82, 2.24) is 19.2 Å². The van der Waals surface area contributed by atoms with E-state index in [-0.39, 0.29) is 16.0 Å². The first kappa shape index (κ1) is 21.6. The maximum Gasteiger partial charge on any atom is 0.284 e. The fourth-order valence-electron chi connectivity index (χ4n) is 5.04. The summed E-state index contributed by atoms with van der Waals surface area (Å²) in [7, 11) is -3.87. The average molecular weight is 482 g/mol. The standard InChI is InChI=1S/C27H23N5O2S/c28-18-27(15-20-6-4-5-7-21(20)16-27)25-14-19(10-12-29-25)23-11-13-30-26-24(23)17-31-32(26)35(33,34)22-8-2-1-3-9-22/h1-14,17H,15-16,18,28H2. The van der Waals surface area contributed by atoms with Crippen LogP contribution in [0.3, 0.4) is 0 Å². The maximum atomic E-state index is 13.2. The van der Waals surface area contributed by atoms with E-state index in [0.29, 0.717) is 11.9 Å². The third-order valence-corrected chi connectivity index (χ3v) is 8.48. The van der Waals surface area contributed by atoms with Crippen LogP contribution in [0.15, 0.2) is 96.3 Å². The van der Waals surface area contributed by atoms with Crippen molar-refractivity contribution in [1.29, 1.82) is 0 Å². The van der Waals surface area contributed by atoms with Gasteiger partial charge in [0.05, 0.1) is 11.1 Å². The molecule has 0 aliphatic heterocycles. The molecule has 1 aliphatic carbocycles. The maximum absolute atomic E-state index is 13.2. The molecule has 7 nitrogen and oxygen atoms in total. The molecule has 0 amide bonds. The highest BCUT2D eigenvalue weighted by Gasteiger charge is 2.39. The summed E-state index contributed by atoms with van der Waals surface area (Å²) in [4.78, 5) is 9.25. The summed E-state index contributed by atoms with van der Waals surface area (Å²) < 4.78 is 27.4. The van der Waals surface area contributed by atoms with Crippen molar-refractivity contribution >= 4 is 21.1 Å². The zero-order valence-corrected chi connectivity index (χ0v) is 19.7. The highest BCUT2D eigenvalue weighted by Crippen LogP contribution is 2.40. The average Bonchev–Trinajstić information content (AvgIpc) is 3.52. The van der Waals surface area contributed by atoms with Crippen LogP contribution in [0.5, 0.6) is 0 Å². The van der Waals surface area contributed by atoms with E-state index in [9.17, 15) is 8.42 Å². The smallest absolute Gasteiger partial charge is 0.284 e. The van der Waals surface area contributed by atoms with Crippen LogP contribution in [0.2, 0.25) is 0 Å². The fraction of sp³-hybridized carbons (Fsp3) is 0.148. The number of fused-ring (bicyclic) bond motifs is 2. The molecule has 2 N–H and O–H groups in total. The van der Waals surface area contributed by atoms with Crippen LogP contribution >= 0.6 is 0 Å². The summed E-state index contributed by atoms with van der Waals surface area (Å²) >= 11 is 0.